The van der Waals surface area contributed by atoms with Crippen LogP contribution in [0.15, 0.2) is 42.5 Å². The number of nitrogens with zero attached hydrogens (tertiary/aromatic N) is 1. The Kier molecular flexibility index (Phi) is 7.88. The number of anilines is 1. The summed E-state index contributed by atoms with van der Waals surface area (Å²) in [7, 11) is 5.22. The second-order valence-electron chi connectivity index (χ2n) is 7.36. The van der Waals surface area contributed by atoms with Gasteiger partial charge in [0.05, 0.1) is 20.3 Å². The third kappa shape index (κ3) is 5.73. The van der Waals surface area contributed by atoms with Crippen molar-refractivity contribution in [3.63, 3.8) is 0 Å². The lowest BCUT2D eigenvalue weighted by Crippen LogP contribution is -2.40. The Morgan fingerprint density at radius 1 is 1.00 bits per heavy atom. The van der Waals surface area contributed by atoms with E-state index >= 15 is 0 Å². The highest BCUT2D eigenvalue weighted by atomic mass is 16.5. The van der Waals surface area contributed by atoms with Gasteiger partial charge in [0, 0.05) is 12.2 Å². The standard InChI is InChI=1S/C23H32N2O3/c1-16(2)19-8-10-20(11-9-19)24-23(26)17(3)25(4)14-13-18-7-12-21(27-5)22(15-18)28-6/h7-12,15-17H,13-14H2,1-6H3,(H,24,26)/t17-/m0/s1. The molecule has 152 valence electrons. The summed E-state index contributed by atoms with van der Waals surface area (Å²) in [6.45, 7) is 6.99. The number of rotatable bonds is 9. The first-order valence-corrected chi connectivity index (χ1v) is 9.67. The van der Waals surface area contributed by atoms with Gasteiger partial charge in [0.1, 0.15) is 0 Å². The molecule has 28 heavy (non-hydrogen) atoms. The van der Waals surface area contributed by atoms with E-state index in [0.29, 0.717) is 5.92 Å². The fourth-order valence-corrected chi connectivity index (χ4v) is 2.93. The van der Waals surface area contributed by atoms with Crippen LogP contribution in [0.2, 0.25) is 0 Å². The molecule has 5 nitrogen and oxygen atoms in total. The van der Waals surface area contributed by atoms with E-state index < -0.39 is 0 Å². The van der Waals surface area contributed by atoms with E-state index in [4.69, 9.17) is 9.47 Å². The van der Waals surface area contributed by atoms with Crippen molar-refractivity contribution < 1.29 is 14.3 Å². The molecule has 1 amide bonds. The van der Waals surface area contributed by atoms with Gasteiger partial charge >= 0.3 is 0 Å². The van der Waals surface area contributed by atoms with Crippen LogP contribution < -0.4 is 14.8 Å². The Hall–Kier alpha value is -2.53. The topological polar surface area (TPSA) is 50.8 Å². The van der Waals surface area contributed by atoms with Gasteiger partial charge in [-0.15, -0.1) is 0 Å². The molecule has 0 fully saturated rings. The third-order valence-electron chi connectivity index (χ3n) is 5.09. The molecule has 0 heterocycles. The molecule has 2 aromatic rings. The van der Waals surface area contributed by atoms with Gasteiger partial charge < -0.3 is 14.8 Å². The fraction of sp³-hybridized carbons (Fsp3) is 0.435. The van der Waals surface area contributed by atoms with E-state index in [0.717, 1.165) is 35.7 Å². The highest BCUT2D eigenvalue weighted by Gasteiger charge is 2.18. The van der Waals surface area contributed by atoms with Crippen molar-refractivity contribution in [1.82, 2.24) is 4.90 Å². The summed E-state index contributed by atoms with van der Waals surface area (Å²) in [5.74, 6) is 1.91. The molecule has 0 saturated heterocycles. The van der Waals surface area contributed by atoms with Gasteiger partial charge in [-0.25, -0.2) is 0 Å². The van der Waals surface area contributed by atoms with Crippen molar-refractivity contribution in [3.8, 4) is 11.5 Å². The quantitative estimate of drug-likeness (QED) is 0.699. The van der Waals surface area contributed by atoms with Crippen LogP contribution in [0.4, 0.5) is 5.69 Å². The molecular weight excluding hydrogens is 352 g/mol. The summed E-state index contributed by atoms with van der Waals surface area (Å²) in [6.07, 6.45) is 0.817. The Bertz CT molecular complexity index is 772. The number of likely N-dealkylation sites (N-methyl/N-ethyl adjacent to an activating group) is 1. The Balaban J connectivity index is 1.90. The number of amides is 1. The summed E-state index contributed by atoms with van der Waals surface area (Å²) in [5, 5.41) is 3.00. The van der Waals surface area contributed by atoms with Crippen molar-refractivity contribution in [2.45, 2.75) is 39.2 Å². The monoisotopic (exact) mass is 384 g/mol. The number of carbonyl (C=O) groups is 1. The number of hydrogen-bond donors (Lipinski definition) is 1. The SMILES string of the molecule is COc1ccc(CCN(C)[C@@H](C)C(=O)Nc2ccc(C(C)C)cc2)cc1OC. The van der Waals surface area contributed by atoms with Crippen molar-refractivity contribution in [2.24, 2.45) is 0 Å². The van der Waals surface area contributed by atoms with Gasteiger partial charge in [-0.05, 0) is 61.7 Å². The molecule has 5 heteroatoms. The first-order valence-electron chi connectivity index (χ1n) is 9.67. The lowest BCUT2D eigenvalue weighted by molar-refractivity contribution is -0.120. The number of hydrogen-bond acceptors (Lipinski definition) is 4. The molecule has 2 rings (SSSR count). The van der Waals surface area contributed by atoms with E-state index in [-0.39, 0.29) is 11.9 Å². The summed E-state index contributed by atoms with van der Waals surface area (Å²) in [5.41, 5.74) is 3.23. The van der Waals surface area contributed by atoms with Crippen LogP contribution in [0, 0.1) is 0 Å². The predicted octanol–water partition coefficient (Wildman–Crippen LogP) is 4.33. The van der Waals surface area contributed by atoms with E-state index in [2.05, 4.69) is 36.2 Å². The van der Waals surface area contributed by atoms with Crippen LogP contribution in [-0.4, -0.2) is 44.7 Å². The van der Waals surface area contributed by atoms with E-state index in [1.165, 1.54) is 5.56 Å². The Morgan fingerprint density at radius 3 is 2.21 bits per heavy atom. The zero-order valence-electron chi connectivity index (χ0n) is 17.8. The van der Waals surface area contributed by atoms with Crippen molar-refractivity contribution in [2.75, 3.05) is 33.1 Å². The van der Waals surface area contributed by atoms with Crippen LogP contribution in [-0.2, 0) is 11.2 Å². The smallest absolute Gasteiger partial charge is 0.241 e. The molecule has 0 spiro atoms. The molecule has 0 saturated carbocycles. The minimum atomic E-state index is -0.232. The maximum atomic E-state index is 12.6. The summed E-state index contributed by atoms with van der Waals surface area (Å²) in [6, 6.07) is 13.7. The number of nitrogens with one attached hydrogen (secondary N) is 1. The molecule has 0 radical (unpaired) electrons. The zero-order chi connectivity index (χ0) is 20.7. The average Bonchev–Trinajstić information content (AvgIpc) is 2.71. The molecule has 1 N–H and O–H groups in total. The number of methoxy groups -OCH3 is 2. The summed E-state index contributed by atoms with van der Waals surface area (Å²) < 4.78 is 10.6. The highest BCUT2D eigenvalue weighted by molar-refractivity contribution is 5.94. The minimum absolute atomic E-state index is 0.00731. The van der Waals surface area contributed by atoms with Gasteiger partial charge in [-0.1, -0.05) is 32.0 Å². The summed E-state index contributed by atoms with van der Waals surface area (Å²) >= 11 is 0. The van der Waals surface area contributed by atoms with Crippen LogP contribution in [0.3, 0.4) is 0 Å². The van der Waals surface area contributed by atoms with Crippen molar-refractivity contribution in [1.29, 1.82) is 0 Å². The normalized spacial score (nSPS) is 12.1. The third-order valence-corrected chi connectivity index (χ3v) is 5.09. The number of benzene rings is 2. The number of carbonyl (C=O) groups excluding carboxylic acids is 1. The van der Waals surface area contributed by atoms with Crippen molar-refractivity contribution in [3.05, 3.63) is 53.6 Å². The molecule has 0 aliphatic heterocycles. The summed E-state index contributed by atoms with van der Waals surface area (Å²) in [4.78, 5) is 14.6. The predicted molar refractivity (Wildman–Crippen MR) is 115 cm³/mol. The molecule has 0 aliphatic carbocycles. The van der Waals surface area contributed by atoms with E-state index in [1.54, 1.807) is 14.2 Å². The second kappa shape index (κ2) is 10.1. The van der Waals surface area contributed by atoms with Gasteiger partial charge in [-0.2, -0.15) is 0 Å². The van der Waals surface area contributed by atoms with Crippen molar-refractivity contribution >= 4 is 11.6 Å². The average molecular weight is 385 g/mol. The number of ether oxygens (including phenoxy) is 2. The molecule has 0 bridgehead atoms. The molecule has 0 aliphatic rings. The lowest BCUT2D eigenvalue weighted by atomic mass is 10.0. The first kappa shape index (κ1) is 21.8. The van der Waals surface area contributed by atoms with Crippen LogP contribution in [0.5, 0.6) is 11.5 Å². The Morgan fingerprint density at radius 2 is 1.64 bits per heavy atom. The minimum Gasteiger partial charge on any atom is -0.493 e. The highest BCUT2D eigenvalue weighted by Crippen LogP contribution is 2.27. The molecule has 0 aromatic heterocycles. The zero-order valence-corrected chi connectivity index (χ0v) is 17.8. The van der Waals surface area contributed by atoms with Gasteiger partial charge in [0.2, 0.25) is 5.91 Å². The van der Waals surface area contributed by atoms with Crippen LogP contribution in [0.25, 0.3) is 0 Å². The van der Waals surface area contributed by atoms with E-state index in [1.807, 2.05) is 44.3 Å². The second-order valence-corrected chi connectivity index (χ2v) is 7.36. The molecule has 0 unspecified atom stereocenters. The maximum Gasteiger partial charge on any atom is 0.241 e. The van der Waals surface area contributed by atoms with Gasteiger partial charge in [0.15, 0.2) is 11.5 Å². The lowest BCUT2D eigenvalue weighted by Gasteiger charge is -2.24. The van der Waals surface area contributed by atoms with Crippen LogP contribution >= 0.6 is 0 Å². The van der Waals surface area contributed by atoms with E-state index in [9.17, 15) is 4.79 Å². The van der Waals surface area contributed by atoms with Gasteiger partial charge in [0.25, 0.3) is 0 Å². The molecule has 1 atom stereocenters. The first-order chi connectivity index (χ1) is 13.3. The van der Waals surface area contributed by atoms with Crippen LogP contribution in [0.1, 0.15) is 37.8 Å². The molecule has 2 aromatic carbocycles. The molecular formula is C23H32N2O3. The largest absolute Gasteiger partial charge is 0.493 e. The maximum absolute atomic E-state index is 12.6. The van der Waals surface area contributed by atoms with Gasteiger partial charge in [-0.3, -0.25) is 9.69 Å². The Labute approximate surface area is 168 Å². The fourth-order valence-electron chi connectivity index (χ4n) is 2.93.